The molecule has 0 unspecified atom stereocenters. The van der Waals surface area contributed by atoms with Gasteiger partial charge in [0.15, 0.2) is 5.78 Å². The lowest BCUT2D eigenvalue weighted by Gasteiger charge is -2.09. The van der Waals surface area contributed by atoms with E-state index in [1.54, 1.807) is 0 Å². The number of benzene rings is 1. The summed E-state index contributed by atoms with van der Waals surface area (Å²) in [6.07, 6.45) is 0.231. The van der Waals surface area contributed by atoms with Crippen molar-refractivity contribution < 1.29 is 9.53 Å². The minimum atomic E-state index is -0.133. The second kappa shape index (κ2) is 5.59. The van der Waals surface area contributed by atoms with Gasteiger partial charge in [-0.1, -0.05) is 23.2 Å². The van der Waals surface area contributed by atoms with Gasteiger partial charge in [-0.3, -0.25) is 4.79 Å². The monoisotopic (exact) mass is 266 g/mol. The number of hydrogen-bond acceptors (Lipinski definition) is 2. The fourth-order valence-corrected chi connectivity index (χ4v) is 1.94. The van der Waals surface area contributed by atoms with Crippen molar-refractivity contribution in [3.63, 3.8) is 0 Å². The van der Waals surface area contributed by atoms with E-state index < -0.39 is 0 Å². The van der Waals surface area contributed by atoms with Crippen molar-refractivity contribution >= 4 is 40.6 Å². The molecule has 0 heterocycles. The highest BCUT2D eigenvalue weighted by Gasteiger charge is 2.15. The number of carbonyl (C=O) groups is 1. The van der Waals surface area contributed by atoms with Gasteiger partial charge in [0, 0.05) is 17.3 Å². The van der Waals surface area contributed by atoms with E-state index in [1.165, 1.54) is 19.2 Å². The number of Topliss-reactive ketones (excluding diaryl/α,β-unsaturated/α-hetero) is 1. The summed E-state index contributed by atoms with van der Waals surface area (Å²) in [5.41, 5.74) is 0.371. The first-order chi connectivity index (χ1) is 7.10. The zero-order chi connectivity index (χ0) is 11.4. The van der Waals surface area contributed by atoms with Gasteiger partial charge in [0.2, 0.25) is 0 Å². The Morgan fingerprint density at radius 1 is 1.40 bits per heavy atom. The fraction of sp³-hybridized carbons (Fsp3) is 0.300. The quantitative estimate of drug-likeness (QED) is 0.612. The maximum atomic E-state index is 11.6. The Labute approximate surface area is 103 Å². The Kier molecular flexibility index (Phi) is 4.71. The van der Waals surface area contributed by atoms with Crippen molar-refractivity contribution in [3.05, 3.63) is 27.7 Å². The molecular formula is C10H9Cl3O2. The van der Waals surface area contributed by atoms with Gasteiger partial charge in [-0.2, -0.15) is 0 Å². The van der Waals surface area contributed by atoms with E-state index in [-0.39, 0.29) is 18.1 Å². The molecule has 0 N–H and O–H groups in total. The highest BCUT2D eigenvalue weighted by molar-refractivity contribution is 6.36. The van der Waals surface area contributed by atoms with Gasteiger partial charge in [0.05, 0.1) is 17.7 Å². The van der Waals surface area contributed by atoms with Crippen molar-refractivity contribution in [2.45, 2.75) is 6.42 Å². The molecule has 0 amide bonds. The van der Waals surface area contributed by atoms with Crippen LogP contribution in [-0.4, -0.2) is 18.8 Å². The molecule has 0 atom stereocenters. The lowest BCUT2D eigenvalue weighted by Crippen LogP contribution is -2.03. The van der Waals surface area contributed by atoms with Crippen LogP contribution in [0.15, 0.2) is 12.1 Å². The number of halogens is 3. The molecule has 0 saturated heterocycles. The first-order valence-corrected chi connectivity index (χ1v) is 5.51. The standard InChI is InChI=1S/C10H9Cl3O2/c1-15-10-7(9(14)2-3-11)4-6(12)5-8(10)13/h4-5H,2-3H2,1H3. The molecule has 0 fully saturated rings. The molecule has 0 saturated carbocycles. The van der Waals surface area contributed by atoms with Gasteiger partial charge in [-0.25, -0.2) is 0 Å². The predicted octanol–water partition coefficient (Wildman–Crippen LogP) is 3.81. The first kappa shape index (κ1) is 12.6. The van der Waals surface area contributed by atoms with Crippen LogP contribution < -0.4 is 4.74 Å². The maximum Gasteiger partial charge on any atom is 0.167 e. The summed E-state index contributed by atoms with van der Waals surface area (Å²) < 4.78 is 5.04. The summed E-state index contributed by atoms with van der Waals surface area (Å²) in [5, 5.41) is 0.724. The van der Waals surface area contributed by atoms with Crippen LogP contribution in [0.1, 0.15) is 16.8 Å². The van der Waals surface area contributed by atoms with Gasteiger partial charge in [0.25, 0.3) is 0 Å². The average Bonchev–Trinajstić information content (AvgIpc) is 2.17. The second-order valence-corrected chi connectivity index (χ2v) is 4.05. The Balaban J connectivity index is 3.20. The molecule has 0 spiro atoms. The van der Waals surface area contributed by atoms with Crippen molar-refractivity contribution in [2.24, 2.45) is 0 Å². The van der Waals surface area contributed by atoms with Crippen molar-refractivity contribution in [2.75, 3.05) is 13.0 Å². The number of methoxy groups -OCH3 is 1. The lowest BCUT2D eigenvalue weighted by atomic mass is 10.1. The highest BCUT2D eigenvalue weighted by atomic mass is 35.5. The molecule has 0 aliphatic carbocycles. The molecule has 82 valence electrons. The van der Waals surface area contributed by atoms with Crippen molar-refractivity contribution in [1.29, 1.82) is 0 Å². The number of ketones is 1. The Morgan fingerprint density at radius 3 is 2.60 bits per heavy atom. The van der Waals surface area contributed by atoms with Gasteiger partial charge < -0.3 is 4.74 Å². The zero-order valence-electron chi connectivity index (χ0n) is 8.02. The third-order valence-electron chi connectivity index (χ3n) is 1.83. The average molecular weight is 268 g/mol. The van der Waals surface area contributed by atoms with Crippen LogP contribution in [0, 0.1) is 0 Å². The van der Waals surface area contributed by atoms with Gasteiger partial charge in [-0.15, -0.1) is 11.6 Å². The Bertz CT molecular complexity index is 377. The van der Waals surface area contributed by atoms with Crippen LogP contribution in [0.3, 0.4) is 0 Å². The van der Waals surface area contributed by atoms with E-state index in [9.17, 15) is 4.79 Å². The smallest absolute Gasteiger partial charge is 0.167 e. The number of carbonyl (C=O) groups excluding carboxylic acids is 1. The largest absolute Gasteiger partial charge is 0.494 e. The predicted molar refractivity (Wildman–Crippen MR) is 62.7 cm³/mol. The number of hydrogen-bond donors (Lipinski definition) is 0. The zero-order valence-corrected chi connectivity index (χ0v) is 10.3. The van der Waals surface area contributed by atoms with Crippen molar-refractivity contribution in [3.8, 4) is 5.75 Å². The molecule has 0 aliphatic heterocycles. The minimum Gasteiger partial charge on any atom is -0.494 e. The number of rotatable bonds is 4. The molecule has 2 nitrogen and oxygen atoms in total. The molecule has 0 aromatic heterocycles. The summed E-state index contributed by atoms with van der Waals surface area (Å²) in [5.74, 6) is 0.467. The van der Waals surface area contributed by atoms with E-state index in [2.05, 4.69) is 0 Å². The maximum absolute atomic E-state index is 11.6. The fourth-order valence-electron chi connectivity index (χ4n) is 1.20. The minimum absolute atomic E-state index is 0.133. The third kappa shape index (κ3) is 3.00. The normalized spacial score (nSPS) is 10.1. The SMILES string of the molecule is COc1c(Cl)cc(Cl)cc1C(=O)CCCl. The molecule has 1 rings (SSSR count). The van der Waals surface area contributed by atoms with Gasteiger partial charge in [0.1, 0.15) is 5.75 Å². The van der Waals surface area contributed by atoms with Crippen LogP contribution in [0.2, 0.25) is 10.0 Å². The van der Waals surface area contributed by atoms with Gasteiger partial charge in [-0.05, 0) is 12.1 Å². The molecule has 1 aromatic carbocycles. The molecule has 0 bridgehead atoms. The van der Waals surface area contributed by atoms with E-state index in [0.717, 1.165) is 0 Å². The summed E-state index contributed by atoms with van der Waals surface area (Å²) in [7, 11) is 1.45. The Hall–Kier alpha value is -0.440. The Morgan fingerprint density at radius 2 is 2.07 bits per heavy atom. The van der Waals surface area contributed by atoms with E-state index in [1.807, 2.05) is 0 Å². The number of alkyl halides is 1. The highest BCUT2D eigenvalue weighted by Crippen LogP contribution is 2.32. The number of ether oxygens (including phenoxy) is 1. The van der Waals surface area contributed by atoms with Crippen LogP contribution in [0.4, 0.5) is 0 Å². The van der Waals surface area contributed by atoms with Gasteiger partial charge >= 0.3 is 0 Å². The molecule has 0 radical (unpaired) electrons. The van der Waals surface area contributed by atoms with Crippen LogP contribution in [0.25, 0.3) is 0 Å². The topological polar surface area (TPSA) is 26.3 Å². The summed E-state index contributed by atoms with van der Waals surface area (Å²) >= 11 is 17.2. The van der Waals surface area contributed by atoms with E-state index in [4.69, 9.17) is 39.5 Å². The molecule has 0 aliphatic rings. The summed E-state index contributed by atoms with van der Waals surface area (Å²) in [6, 6.07) is 3.06. The third-order valence-corrected chi connectivity index (χ3v) is 2.52. The van der Waals surface area contributed by atoms with E-state index >= 15 is 0 Å². The van der Waals surface area contributed by atoms with Crippen LogP contribution >= 0.6 is 34.8 Å². The molecule has 5 heteroatoms. The molecule has 1 aromatic rings. The summed E-state index contributed by atoms with van der Waals surface area (Å²) in [4.78, 5) is 11.6. The molecular weight excluding hydrogens is 258 g/mol. The molecule has 15 heavy (non-hydrogen) atoms. The van der Waals surface area contributed by atoms with Crippen molar-refractivity contribution in [1.82, 2.24) is 0 Å². The summed E-state index contributed by atoms with van der Waals surface area (Å²) in [6.45, 7) is 0. The first-order valence-electron chi connectivity index (χ1n) is 4.22. The van der Waals surface area contributed by atoms with E-state index in [0.29, 0.717) is 21.4 Å². The van der Waals surface area contributed by atoms with Crippen LogP contribution in [0.5, 0.6) is 5.75 Å². The second-order valence-electron chi connectivity index (χ2n) is 2.83. The lowest BCUT2D eigenvalue weighted by molar-refractivity contribution is 0.0986. The van der Waals surface area contributed by atoms with Crippen LogP contribution in [-0.2, 0) is 0 Å².